The number of fused-ring (bicyclic) bond motifs is 1. The molecule has 26 heavy (non-hydrogen) atoms. The minimum absolute atomic E-state index is 0.0404. The first-order valence-electron chi connectivity index (χ1n) is 8.50. The number of nitrogens with one attached hydrogen (secondary N) is 1. The van der Waals surface area contributed by atoms with Crippen LogP contribution in [0, 0.1) is 0 Å². The van der Waals surface area contributed by atoms with E-state index in [1.165, 1.54) is 0 Å². The van der Waals surface area contributed by atoms with Crippen LogP contribution in [0.1, 0.15) is 17.0 Å². The van der Waals surface area contributed by atoms with E-state index in [0.29, 0.717) is 24.6 Å². The standard InChI is InChI=1S/C18H19N7O/c1-19-17-9-13-12-24(8-7-16(13)21-22-17)18(26)10-14-11-20-25(23-14)15-5-3-2-4-6-15/h2-6,9,11H,7-8,10,12H2,1H3,(H,19,22). The highest BCUT2D eigenvalue weighted by atomic mass is 16.2. The number of anilines is 1. The van der Waals surface area contributed by atoms with Gasteiger partial charge in [-0.25, -0.2) is 0 Å². The van der Waals surface area contributed by atoms with Crippen molar-refractivity contribution >= 4 is 11.7 Å². The minimum atomic E-state index is 0.0404. The summed E-state index contributed by atoms with van der Waals surface area (Å²) in [6.45, 7) is 1.19. The molecule has 0 unspecified atom stereocenters. The predicted molar refractivity (Wildman–Crippen MR) is 95.8 cm³/mol. The first-order chi connectivity index (χ1) is 12.7. The van der Waals surface area contributed by atoms with Crippen molar-refractivity contribution in [1.29, 1.82) is 0 Å². The molecule has 0 saturated heterocycles. The van der Waals surface area contributed by atoms with E-state index in [0.717, 1.165) is 23.4 Å². The SMILES string of the molecule is CNc1cc2c(nn1)CCN(C(=O)Cc1cnn(-c3ccccc3)n1)C2. The lowest BCUT2D eigenvalue weighted by Gasteiger charge is -2.28. The van der Waals surface area contributed by atoms with Gasteiger partial charge < -0.3 is 10.2 Å². The highest BCUT2D eigenvalue weighted by Gasteiger charge is 2.23. The summed E-state index contributed by atoms with van der Waals surface area (Å²) >= 11 is 0. The van der Waals surface area contributed by atoms with Gasteiger partial charge in [0.25, 0.3) is 0 Å². The molecular formula is C18H19N7O. The summed E-state index contributed by atoms with van der Waals surface area (Å²) in [4.78, 5) is 16.1. The quantitative estimate of drug-likeness (QED) is 0.762. The van der Waals surface area contributed by atoms with E-state index in [1.54, 1.807) is 18.0 Å². The van der Waals surface area contributed by atoms with Crippen molar-refractivity contribution in [1.82, 2.24) is 30.1 Å². The average Bonchev–Trinajstić information content (AvgIpc) is 3.16. The van der Waals surface area contributed by atoms with Crippen LogP contribution < -0.4 is 5.32 Å². The van der Waals surface area contributed by atoms with Crippen LogP contribution >= 0.6 is 0 Å². The molecule has 1 N–H and O–H groups in total. The molecule has 132 valence electrons. The fraction of sp³-hybridized carbons (Fsp3) is 0.278. The fourth-order valence-electron chi connectivity index (χ4n) is 2.99. The molecule has 0 saturated carbocycles. The van der Waals surface area contributed by atoms with Crippen molar-refractivity contribution in [3.05, 3.63) is 59.5 Å². The largest absolute Gasteiger partial charge is 0.372 e. The van der Waals surface area contributed by atoms with Crippen LogP contribution in [0.5, 0.6) is 0 Å². The third-order valence-corrected chi connectivity index (χ3v) is 4.41. The minimum Gasteiger partial charge on any atom is -0.372 e. The summed E-state index contributed by atoms with van der Waals surface area (Å²) in [5.74, 6) is 0.752. The van der Waals surface area contributed by atoms with Gasteiger partial charge in [-0.05, 0) is 23.8 Å². The van der Waals surface area contributed by atoms with Crippen molar-refractivity contribution in [3.63, 3.8) is 0 Å². The fourth-order valence-corrected chi connectivity index (χ4v) is 2.99. The molecule has 8 heteroatoms. The lowest BCUT2D eigenvalue weighted by molar-refractivity contribution is -0.131. The zero-order valence-electron chi connectivity index (χ0n) is 14.5. The Balaban J connectivity index is 1.45. The molecule has 3 aromatic rings. The van der Waals surface area contributed by atoms with Crippen LogP contribution in [-0.2, 0) is 24.2 Å². The molecule has 0 atom stereocenters. The molecule has 0 spiro atoms. The summed E-state index contributed by atoms with van der Waals surface area (Å²) < 4.78 is 0. The van der Waals surface area contributed by atoms with E-state index in [4.69, 9.17) is 0 Å². The molecule has 0 fully saturated rings. The van der Waals surface area contributed by atoms with E-state index in [9.17, 15) is 4.79 Å². The first kappa shape index (κ1) is 16.2. The van der Waals surface area contributed by atoms with Crippen LogP contribution in [0.3, 0.4) is 0 Å². The normalized spacial score (nSPS) is 13.3. The molecule has 2 aromatic heterocycles. The number of hydrogen-bond acceptors (Lipinski definition) is 6. The summed E-state index contributed by atoms with van der Waals surface area (Å²) in [6, 6.07) is 11.6. The zero-order valence-corrected chi connectivity index (χ0v) is 14.5. The number of para-hydroxylation sites is 1. The number of nitrogens with zero attached hydrogens (tertiary/aromatic N) is 6. The number of amides is 1. The van der Waals surface area contributed by atoms with E-state index in [1.807, 2.05) is 41.3 Å². The van der Waals surface area contributed by atoms with Crippen LogP contribution in [0.2, 0.25) is 0 Å². The van der Waals surface area contributed by atoms with Crippen LogP contribution in [0.4, 0.5) is 5.82 Å². The van der Waals surface area contributed by atoms with Gasteiger partial charge >= 0.3 is 0 Å². The van der Waals surface area contributed by atoms with Gasteiger partial charge in [-0.3, -0.25) is 4.79 Å². The molecule has 1 amide bonds. The Morgan fingerprint density at radius 1 is 1.23 bits per heavy atom. The van der Waals surface area contributed by atoms with Crippen molar-refractivity contribution in [2.45, 2.75) is 19.4 Å². The third-order valence-electron chi connectivity index (χ3n) is 4.41. The topological polar surface area (TPSA) is 88.8 Å². The Kier molecular flexibility index (Phi) is 4.30. The molecule has 4 rings (SSSR count). The molecule has 3 heterocycles. The number of benzene rings is 1. The van der Waals surface area contributed by atoms with Crippen molar-refractivity contribution in [2.75, 3.05) is 18.9 Å². The van der Waals surface area contributed by atoms with Gasteiger partial charge in [0.1, 0.15) is 5.82 Å². The lowest BCUT2D eigenvalue weighted by Crippen LogP contribution is -2.37. The Morgan fingerprint density at radius 3 is 2.88 bits per heavy atom. The second-order valence-corrected chi connectivity index (χ2v) is 6.15. The summed E-state index contributed by atoms with van der Waals surface area (Å²) in [7, 11) is 1.80. The van der Waals surface area contributed by atoms with E-state index >= 15 is 0 Å². The molecule has 1 aromatic carbocycles. The second kappa shape index (κ2) is 6.91. The maximum absolute atomic E-state index is 12.7. The van der Waals surface area contributed by atoms with Gasteiger partial charge in [0.2, 0.25) is 5.91 Å². The lowest BCUT2D eigenvalue weighted by atomic mass is 10.1. The van der Waals surface area contributed by atoms with Gasteiger partial charge in [-0.1, -0.05) is 18.2 Å². The molecule has 8 nitrogen and oxygen atoms in total. The van der Waals surface area contributed by atoms with Crippen molar-refractivity contribution < 1.29 is 4.79 Å². The average molecular weight is 349 g/mol. The maximum atomic E-state index is 12.7. The van der Waals surface area contributed by atoms with Crippen molar-refractivity contribution in [2.24, 2.45) is 0 Å². The monoisotopic (exact) mass is 349 g/mol. The molecule has 0 radical (unpaired) electrons. The molecule has 0 aliphatic carbocycles. The Labute approximate surface area is 150 Å². The molecule has 1 aliphatic heterocycles. The van der Waals surface area contributed by atoms with Crippen LogP contribution in [-0.4, -0.2) is 49.6 Å². The Hall–Kier alpha value is -3.29. The highest BCUT2D eigenvalue weighted by molar-refractivity contribution is 5.78. The zero-order chi connectivity index (χ0) is 17.9. The number of aromatic nitrogens is 5. The number of carbonyl (C=O) groups excluding carboxylic acids is 1. The molecular weight excluding hydrogens is 330 g/mol. The van der Waals surface area contributed by atoms with Gasteiger partial charge in [0, 0.05) is 26.6 Å². The summed E-state index contributed by atoms with van der Waals surface area (Å²) in [6.07, 6.45) is 2.60. The number of carbonyl (C=O) groups is 1. The number of hydrogen-bond donors (Lipinski definition) is 1. The van der Waals surface area contributed by atoms with E-state index in [2.05, 4.69) is 25.7 Å². The second-order valence-electron chi connectivity index (χ2n) is 6.15. The van der Waals surface area contributed by atoms with Gasteiger partial charge in [-0.2, -0.15) is 20.1 Å². The Bertz CT molecular complexity index is 922. The van der Waals surface area contributed by atoms with Gasteiger partial charge in [0.15, 0.2) is 0 Å². The Morgan fingerprint density at radius 2 is 2.08 bits per heavy atom. The first-order valence-corrected chi connectivity index (χ1v) is 8.50. The van der Waals surface area contributed by atoms with Crippen molar-refractivity contribution in [3.8, 4) is 5.69 Å². The van der Waals surface area contributed by atoms with Crippen LogP contribution in [0.25, 0.3) is 5.69 Å². The van der Waals surface area contributed by atoms with E-state index in [-0.39, 0.29) is 12.3 Å². The highest BCUT2D eigenvalue weighted by Crippen LogP contribution is 2.19. The summed E-state index contributed by atoms with van der Waals surface area (Å²) in [5.41, 5.74) is 3.53. The maximum Gasteiger partial charge on any atom is 0.229 e. The van der Waals surface area contributed by atoms with Gasteiger partial charge in [0.05, 0.1) is 29.7 Å². The number of rotatable bonds is 4. The predicted octanol–water partition coefficient (Wildman–Crippen LogP) is 1.23. The molecule has 1 aliphatic rings. The van der Waals surface area contributed by atoms with E-state index < -0.39 is 0 Å². The molecule has 0 bridgehead atoms. The smallest absolute Gasteiger partial charge is 0.229 e. The van der Waals surface area contributed by atoms with Crippen LogP contribution in [0.15, 0.2) is 42.6 Å². The summed E-state index contributed by atoms with van der Waals surface area (Å²) in [5, 5.41) is 20.0. The third kappa shape index (κ3) is 3.26. The van der Waals surface area contributed by atoms with Gasteiger partial charge in [-0.15, -0.1) is 5.10 Å².